The molecule has 2 aromatic rings. The van der Waals surface area contributed by atoms with Gasteiger partial charge in [-0.05, 0) is 84.4 Å². The minimum atomic E-state index is -1.18. The lowest BCUT2D eigenvalue weighted by molar-refractivity contribution is -0.166. The number of thiazole rings is 1. The summed E-state index contributed by atoms with van der Waals surface area (Å²) in [6.07, 6.45) is 3.27. The first kappa shape index (κ1) is 39.4. The largest absolute Gasteiger partial charge is 0.465 e. The van der Waals surface area contributed by atoms with E-state index in [4.69, 9.17) is 19.3 Å². The first-order valence-corrected chi connectivity index (χ1v) is 19.6. The maximum atomic E-state index is 13.8. The molecule has 0 aliphatic rings. The van der Waals surface area contributed by atoms with Crippen molar-refractivity contribution in [3.63, 3.8) is 0 Å². The highest BCUT2D eigenvalue weighted by molar-refractivity contribution is 8.02. The summed E-state index contributed by atoms with van der Waals surface area (Å²) >= 11 is 6.49. The van der Waals surface area contributed by atoms with Gasteiger partial charge in [-0.2, -0.15) is 23.5 Å². The third-order valence-electron chi connectivity index (χ3n) is 7.68. The second-order valence-corrected chi connectivity index (χ2v) is 16.4. The number of carbonyl (C=O) groups is 3. The molecule has 0 aliphatic carbocycles. The van der Waals surface area contributed by atoms with Gasteiger partial charge in [0.15, 0.2) is 0 Å². The van der Waals surface area contributed by atoms with Gasteiger partial charge in [0.25, 0.3) is 0 Å². The Labute approximate surface area is 285 Å². The molecule has 8 nitrogen and oxygen atoms in total. The molecule has 252 valence electrons. The van der Waals surface area contributed by atoms with Crippen LogP contribution in [0, 0.1) is 23.2 Å². The highest BCUT2D eigenvalue weighted by atomic mass is 32.2. The topological polar surface area (TPSA) is 112 Å². The van der Waals surface area contributed by atoms with Crippen molar-refractivity contribution in [2.24, 2.45) is 16.2 Å². The van der Waals surface area contributed by atoms with E-state index >= 15 is 0 Å². The zero-order chi connectivity index (χ0) is 33.5. The number of aryl methyl sites for hydroxylation is 1. The molecule has 1 heterocycles. The molecule has 1 aromatic heterocycles. The Kier molecular flexibility index (Phi) is 16.8. The van der Waals surface area contributed by atoms with Gasteiger partial charge in [0, 0.05) is 39.2 Å². The molecule has 2 atom stereocenters. The summed E-state index contributed by atoms with van der Waals surface area (Å²) in [5.74, 6) is 2.27. The van der Waals surface area contributed by atoms with Crippen molar-refractivity contribution >= 4 is 64.5 Å². The number of rotatable bonds is 21. The van der Waals surface area contributed by atoms with Crippen molar-refractivity contribution in [2.45, 2.75) is 72.1 Å². The van der Waals surface area contributed by atoms with Crippen molar-refractivity contribution in [1.29, 1.82) is 0 Å². The van der Waals surface area contributed by atoms with E-state index in [0.29, 0.717) is 30.1 Å². The summed E-state index contributed by atoms with van der Waals surface area (Å²) in [5, 5.41) is 8.93. The second kappa shape index (κ2) is 19.2. The third-order valence-corrected chi connectivity index (χ3v) is 11.6. The number of carbonyl (C=O) groups excluding carboxylic acids is 3. The summed E-state index contributed by atoms with van der Waals surface area (Å²) in [4.78, 5) is 47.2. The summed E-state index contributed by atoms with van der Waals surface area (Å²) in [6.45, 7) is 11.6. The molecular weight excluding hydrogens is 651 g/mol. The maximum Gasteiger partial charge on any atom is 0.316 e. The van der Waals surface area contributed by atoms with Crippen molar-refractivity contribution < 1.29 is 33.7 Å². The van der Waals surface area contributed by atoms with E-state index in [1.807, 2.05) is 39.2 Å². The number of benzene rings is 1. The van der Waals surface area contributed by atoms with Gasteiger partial charge in [0.2, 0.25) is 0 Å². The molecule has 2 rings (SSSR count). The monoisotopic (exact) mass is 699 g/mol. The third kappa shape index (κ3) is 12.8. The molecule has 2 unspecified atom stereocenters. The van der Waals surface area contributed by atoms with Crippen molar-refractivity contribution in [3.05, 3.63) is 40.3 Å². The molecular formula is C33H49NO7S4. The van der Waals surface area contributed by atoms with E-state index in [9.17, 15) is 14.4 Å². The van der Waals surface area contributed by atoms with Crippen LogP contribution in [0.3, 0.4) is 0 Å². The van der Waals surface area contributed by atoms with Gasteiger partial charge in [-0.25, -0.2) is 4.98 Å². The van der Waals surface area contributed by atoms with Crippen LogP contribution in [0.5, 0.6) is 5.75 Å². The van der Waals surface area contributed by atoms with E-state index in [2.05, 4.69) is 4.98 Å². The molecule has 0 spiro atoms. The molecule has 0 radical (unpaired) electrons. The number of esters is 3. The summed E-state index contributed by atoms with van der Waals surface area (Å²) in [6, 6.07) is 7.29. The zero-order valence-electron chi connectivity index (χ0n) is 27.6. The van der Waals surface area contributed by atoms with Crippen LogP contribution in [0.4, 0.5) is 0 Å². The summed E-state index contributed by atoms with van der Waals surface area (Å²) < 4.78 is 17.3. The molecule has 45 heavy (non-hydrogen) atoms. The molecule has 0 bridgehead atoms. The van der Waals surface area contributed by atoms with Gasteiger partial charge in [-0.15, -0.1) is 23.1 Å². The second-order valence-electron chi connectivity index (χ2n) is 12.1. The molecule has 0 saturated heterocycles. The highest BCUT2D eigenvalue weighted by Crippen LogP contribution is 2.46. The number of thioether (sulfide) groups is 3. The van der Waals surface area contributed by atoms with Crippen LogP contribution in [0.2, 0.25) is 0 Å². The summed E-state index contributed by atoms with van der Waals surface area (Å²) in [7, 11) is 0. The van der Waals surface area contributed by atoms with Crippen LogP contribution in [-0.2, 0) is 30.3 Å². The Morgan fingerprint density at radius 1 is 0.867 bits per heavy atom. The van der Waals surface area contributed by atoms with Crippen molar-refractivity contribution in [2.75, 3.05) is 49.1 Å². The van der Waals surface area contributed by atoms with Crippen LogP contribution in [0.25, 0.3) is 0 Å². The van der Waals surface area contributed by atoms with Crippen LogP contribution in [0.15, 0.2) is 34.7 Å². The van der Waals surface area contributed by atoms with Crippen molar-refractivity contribution in [3.8, 4) is 5.75 Å². The number of ether oxygens (including phenoxy) is 3. The van der Waals surface area contributed by atoms with E-state index in [-0.39, 0.29) is 38.6 Å². The van der Waals surface area contributed by atoms with Gasteiger partial charge >= 0.3 is 17.9 Å². The number of aliphatic hydroxyl groups excluding tert-OH is 1. The fourth-order valence-electron chi connectivity index (χ4n) is 5.08. The first-order valence-electron chi connectivity index (χ1n) is 15.2. The van der Waals surface area contributed by atoms with E-state index < -0.39 is 28.2 Å². The lowest BCUT2D eigenvalue weighted by atomic mass is 9.65. The zero-order valence-corrected chi connectivity index (χ0v) is 30.9. The van der Waals surface area contributed by atoms with Gasteiger partial charge in [-0.1, -0.05) is 6.92 Å². The molecule has 1 aromatic carbocycles. The molecule has 12 heteroatoms. The highest BCUT2D eigenvalue weighted by Gasteiger charge is 2.50. The van der Waals surface area contributed by atoms with Crippen LogP contribution >= 0.6 is 46.6 Å². The Hall–Kier alpha value is -1.73. The number of aliphatic hydroxyl groups is 1. The number of aromatic nitrogens is 1. The van der Waals surface area contributed by atoms with Gasteiger partial charge in [0.05, 0.1) is 40.7 Å². The van der Waals surface area contributed by atoms with Crippen molar-refractivity contribution in [1.82, 2.24) is 4.98 Å². The first-order chi connectivity index (χ1) is 21.3. The van der Waals surface area contributed by atoms with Crippen LogP contribution < -0.4 is 4.74 Å². The Balaban J connectivity index is 2.18. The van der Waals surface area contributed by atoms with Crippen LogP contribution in [-0.4, -0.2) is 77.1 Å². The normalized spacial score (nSPS) is 14.3. The van der Waals surface area contributed by atoms with E-state index in [1.165, 1.54) is 11.3 Å². The lowest BCUT2D eigenvalue weighted by Gasteiger charge is -2.39. The fourth-order valence-corrected chi connectivity index (χ4v) is 7.93. The lowest BCUT2D eigenvalue weighted by Crippen LogP contribution is -2.45. The van der Waals surface area contributed by atoms with Gasteiger partial charge in [-0.3, -0.25) is 14.4 Å². The Morgan fingerprint density at radius 3 is 2.07 bits per heavy atom. The Bertz CT molecular complexity index is 1220. The quantitative estimate of drug-likeness (QED) is 0.0624. The molecule has 1 N–H and O–H groups in total. The molecule has 0 fully saturated rings. The predicted molar refractivity (Wildman–Crippen MR) is 188 cm³/mol. The van der Waals surface area contributed by atoms with E-state index in [1.54, 1.807) is 73.7 Å². The minimum Gasteiger partial charge on any atom is -0.465 e. The minimum absolute atomic E-state index is 0.119. The number of hydrogen-bond donors (Lipinski definition) is 1. The maximum absolute atomic E-state index is 13.8. The average Bonchev–Trinajstić information content (AvgIpc) is 3.42. The van der Waals surface area contributed by atoms with Gasteiger partial charge < -0.3 is 19.3 Å². The standard InChI is InChI=1S/C33H49NO7S4/c1-8-32(5,29(37)39-15-13-27-24(2)34-23-45-27)22-33(6,30(38)40-16-18-44-20-19-43-17-14-35)21-31(3,4)28(36)41-25-9-11-26(42-7)12-10-25/h9-12,23,35H,8,13-22H2,1-7H3. The Morgan fingerprint density at radius 2 is 1.49 bits per heavy atom. The molecule has 0 aliphatic heterocycles. The predicted octanol–water partition coefficient (Wildman–Crippen LogP) is 7.10. The summed E-state index contributed by atoms with van der Waals surface area (Å²) in [5.41, 5.74) is -0.512. The van der Waals surface area contributed by atoms with E-state index in [0.717, 1.165) is 27.0 Å². The average molecular weight is 700 g/mol. The number of hydrogen-bond acceptors (Lipinski definition) is 12. The van der Waals surface area contributed by atoms with Gasteiger partial charge in [0.1, 0.15) is 12.4 Å². The number of nitrogens with zero attached hydrogens (tertiary/aromatic N) is 1. The van der Waals surface area contributed by atoms with Crippen LogP contribution in [0.1, 0.15) is 64.5 Å². The smallest absolute Gasteiger partial charge is 0.316 e. The molecule has 0 saturated carbocycles. The fraction of sp³-hybridized carbons (Fsp3) is 0.636. The molecule has 0 amide bonds. The SMILES string of the molecule is CCC(C)(CC(C)(CC(C)(C)C(=O)Oc1ccc(SC)cc1)C(=O)OCCSCCSCCO)C(=O)OCCc1scnc1C.